The molecule has 3 aromatic carbocycles. The number of hydrogen-bond donors (Lipinski definition) is 1. The molecular formula is C25H20N4O2S. The second kappa shape index (κ2) is 8.64. The third-order valence-electron chi connectivity index (χ3n) is 5.09. The normalized spacial score (nSPS) is 13.3. The molecule has 158 valence electrons. The highest BCUT2D eigenvalue weighted by molar-refractivity contribution is 7.10. The first-order chi connectivity index (χ1) is 15.7. The minimum Gasteiger partial charge on any atom is -0.497 e. The van der Waals surface area contributed by atoms with E-state index in [1.807, 2.05) is 78.9 Å². The lowest BCUT2D eigenvalue weighted by molar-refractivity contribution is 0.414. The van der Waals surface area contributed by atoms with Crippen molar-refractivity contribution in [2.24, 2.45) is 15.0 Å². The molecule has 6 nitrogen and oxygen atoms in total. The lowest BCUT2D eigenvalue weighted by atomic mass is 10.2. The van der Waals surface area contributed by atoms with E-state index in [4.69, 9.17) is 9.73 Å². The van der Waals surface area contributed by atoms with Gasteiger partial charge in [0.1, 0.15) is 12.1 Å². The van der Waals surface area contributed by atoms with Gasteiger partial charge in [-0.25, -0.2) is 9.98 Å². The average Bonchev–Trinajstić information content (AvgIpc) is 3.42. The summed E-state index contributed by atoms with van der Waals surface area (Å²) in [5.41, 5.74) is 2.74. The van der Waals surface area contributed by atoms with Gasteiger partial charge in [-0.05, 0) is 53.3 Å². The predicted molar refractivity (Wildman–Crippen MR) is 127 cm³/mol. The summed E-state index contributed by atoms with van der Waals surface area (Å²) in [6.45, 7) is 0.519. The van der Waals surface area contributed by atoms with Crippen molar-refractivity contribution in [2.45, 2.75) is 6.54 Å². The third kappa shape index (κ3) is 3.98. The number of thiazole rings is 1. The average molecular weight is 441 g/mol. The molecule has 1 N–H and O–H groups in total. The van der Waals surface area contributed by atoms with Crippen molar-refractivity contribution in [3.05, 3.63) is 98.6 Å². The minimum atomic E-state index is 0.140. The Kier molecular flexibility index (Phi) is 5.39. The molecule has 1 aliphatic heterocycles. The van der Waals surface area contributed by atoms with Crippen LogP contribution in [0.3, 0.4) is 0 Å². The van der Waals surface area contributed by atoms with Gasteiger partial charge in [-0.2, -0.15) is 0 Å². The van der Waals surface area contributed by atoms with E-state index in [1.54, 1.807) is 18.0 Å². The van der Waals surface area contributed by atoms with Crippen LogP contribution in [0, 0.1) is 0 Å². The molecule has 1 aliphatic rings. The molecule has 32 heavy (non-hydrogen) atoms. The smallest absolute Gasteiger partial charge is 0.215 e. The summed E-state index contributed by atoms with van der Waals surface area (Å²) in [6.07, 6.45) is 3.49. The third-order valence-corrected chi connectivity index (χ3v) is 6.10. The maximum Gasteiger partial charge on any atom is 0.215 e. The van der Waals surface area contributed by atoms with Gasteiger partial charge in [0.05, 0.1) is 35.3 Å². The lowest BCUT2D eigenvalue weighted by Gasteiger charge is -2.06. The second-order valence-corrected chi connectivity index (χ2v) is 8.18. The second-order valence-electron chi connectivity index (χ2n) is 7.17. The van der Waals surface area contributed by atoms with Crippen LogP contribution in [0.4, 0.5) is 5.69 Å². The first kappa shape index (κ1) is 20.0. The van der Waals surface area contributed by atoms with E-state index in [0.717, 1.165) is 33.3 Å². The fourth-order valence-electron chi connectivity index (χ4n) is 3.44. The van der Waals surface area contributed by atoms with Crippen LogP contribution in [-0.2, 0) is 6.54 Å². The summed E-state index contributed by atoms with van der Waals surface area (Å²) >= 11 is 1.44. The Balaban J connectivity index is 1.63. The van der Waals surface area contributed by atoms with Gasteiger partial charge in [0.25, 0.3) is 0 Å². The molecule has 1 aromatic heterocycles. The van der Waals surface area contributed by atoms with Gasteiger partial charge in [0.15, 0.2) is 4.80 Å². The highest BCUT2D eigenvalue weighted by atomic mass is 32.1. The number of hydrogen-bond acceptors (Lipinski definition) is 6. The van der Waals surface area contributed by atoms with E-state index < -0.39 is 0 Å². The number of aromatic hydroxyl groups is 1. The zero-order valence-corrected chi connectivity index (χ0v) is 18.2. The van der Waals surface area contributed by atoms with E-state index in [1.165, 1.54) is 11.3 Å². The summed E-state index contributed by atoms with van der Waals surface area (Å²) in [5.74, 6) is 0.892. The highest BCUT2D eigenvalue weighted by Crippen LogP contribution is 2.26. The van der Waals surface area contributed by atoms with Crippen molar-refractivity contribution in [2.75, 3.05) is 7.11 Å². The lowest BCUT2D eigenvalue weighted by Crippen LogP contribution is -2.12. The highest BCUT2D eigenvalue weighted by Gasteiger charge is 2.13. The van der Waals surface area contributed by atoms with Crippen molar-refractivity contribution in [3.8, 4) is 17.3 Å². The topological polar surface area (TPSA) is 71.5 Å². The van der Waals surface area contributed by atoms with Crippen LogP contribution in [0.5, 0.6) is 11.6 Å². The molecule has 0 amide bonds. The number of aromatic nitrogens is 1. The molecule has 0 fully saturated rings. The molecule has 2 heterocycles. The van der Waals surface area contributed by atoms with E-state index in [-0.39, 0.29) is 5.88 Å². The van der Waals surface area contributed by atoms with E-state index in [0.29, 0.717) is 16.2 Å². The maximum atomic E-state index is 11.1. The molecule has 0 spiro atoms. The minimum absolute atomic E-state index is 0.140. The van der Waals surface area contributed by atoms with Gasteiger partial charge >= 0.3 is 0 Å². The van der Waals surface area contributed by atoms with Crippen molar-refractivity contribution < 1.29 is 9.84 Å². The number of methoxy groups -OCH3 is 1. The quantitative estimate of drug-likeness (QED) is 0.516. The van der Waals surface area contributed by atoms with Gasteiger partial charge in [0, 0.05) is 0 Å². The first-order valence-electron chi connectivity index (χ1n) is 10.1. The van der Waals surface area contributed by atoms with Gasteiger partial charge in [-0.3, -0.25) is 9.56 Å². The summed E-state index contributed by atoms with van der Waals surface area (Å²) < 4.78 is 7.04. The van der Waals surface area contributed by atoms with Crippen LogP contribution in [0.2, 0.25) is 0 Å². The molecule has 0 atom stereocenters. The molecule has 0 saturated carbocycles. The Hall–Kier alpha value is -3.97. The van der Waals surface area contributed by atoms with Crippen molar-refractivity contribution >= 4 is 29.4 Å². The summed E-state index contributed by atoms with van der Waals surface area (Å²) in [4.78, 5) is 14.7. The van der Waals surface area contributed by atoms with Crippen molar-refractivity contribution in [1.29, 1.82) is 0 Å². The van der Waals surface area contributed by atoms with Crippen molar-refractivity contribution in [3.63, 3.8) is 0 Å². The molecule has 0 radical (unpaired) electrons. The van der Waals surface area contributed by atoms with Crippen LogP contribution in [0.15, 0.2) is 87.8 Å². The number of nitrogens with zero attached hydrogens (tertiary/aromatic N) is 4. The Bertz CT molecular complexity index is 1480. The van der Waals surface area contributed by atoms with Crippen LogP contribution in [0.25, 0.3) is 11.8 Å². The molecule has 0 aliphatic carbocycles. The van der Waals surface area contributed by atoms with Gasteiger partial charge in [-0.1, -0.05) is 47.7 Å². The fourth-order valence-corrected chi connectivity index (χ4v) is 4.43. The van der Waals surface area contributed by atoms with Gasteiger partial charge < -0.3 is 9.84 Å². The number of aliphatic imine (C=N–C) groups is 1. The van der Waals surface area contributed by atoms with Crippen molar-refractivity contribution in [1.82, 2.24) is 4.57 Å². The SMILES string of the molecule is COc1ccc(-n2c(O)c(C=c3ccc4c(c3)N=CN=4)sc2=NCc2ccccc2)cc1. The molecule has 0 unspecified atom stereocenters. The van der Waals surface area contributed by atoms with Gasteiger partial charge in [-0.15, -0.1) is 0 Å². The van der Waals surface area contributed by atoms with E-state index in [9.17, 15) is 5.11 Å². The van der Waals surface area contributed by atoms with Crippen LogP contribution >= 0.6 is 11.3 Å². The Morgan fingerprint density at radius 1 is 1.06 bits per heavy atom. The number of fused-ring (bicyclic) bond motifs is 1. The van der Waals surface area contributed by atoms with E-state index >= 15 is 0 Å². The fraction of sp³-hybridized carbons (Fsp3) is 0.0800. The van der Waals surface area contributed by atoms with Gasteiger partial charge in [0.2, 0.25) is 5.88 Å². The zero-order valence-electron chi connectivity index (χ0n) is 17.3. The molecular weight excluding hydrogens is 420 g/mol. The zero-order chi connectivity index (χ0) is 21.9. The van der Waals surface area contributed by atoms with E-state index in [2.05, 4.69) is 9.98 Å². The summed E-state index contributed by atoms with van der Waals surface area (Å²) in [6, 6.07) is 23.5. The number of benzene rings is 3. The Morgan fingerprint density at radius 2 is 1.88 bits per heavy atom. The summed E-state index contributed by atoms with van der Waals surface area (Å²) in [5, 5.41) is 12.9. The number of ether oxygens (including phenoxy) is 1. The van der Waals surface area contributed by atoms with Crippen LogP contribution < -0.4 is 20.1 Å². The standard InChI is InChI=1S/C25H20N4O2S/c1-31-20-10-8-19(9-11-20)29-24(30)23(14-18-7-12-21-22(13-18)28-16-27-21)32-25(29)26-15-17-5-3-2-4-6-17/h2-14,16,30H,15H2,1H3. The maximum absolute atomic E-state index is 11.1. The predicted octanol–water partition coefficient (Wildman–Crippen LogP) is 3.48. The first-order valence-corrected chi connectivity index (χ1v) is 10.9. The Morgan fingerprint density at radius 3 is 2.66 bits per heavy atom. The molecule has 7 heteroatoms. The van der Waals surface area contributed by atoms with Crippen LogP contribution in [0.1, 0.15) is 10.4 Å². The molecule has 5 rings (SSSR count). The monoisotopic (exact) mass is 440 g/mol. The van der Waals surface area contributed by atoms with Crippen LogP contribution in [-0.4, -0.2) is 23.1 Å². The largest absolute Gasteiger partial charge is 0.497 e. The number of rotatable bonds is 5. The summed E-state index contributed by atoms with van der Waals surface area (Å²) in [7, 11) is 1.63. The Labute approximate surface area is 188 Å². The molecule has 0 bridgehead atoms. The molecule has 0 saturated heterocycles. The molecule has 4 aromatic rings.